The third-order valence-corrected chi connectivity index (χ3v) is 3.77. The highest BCUT2D eigenvalue weighted by molar-refractivity contribution is 5.28. The van der Waals surface area contributed by atoms with Gasteiger partial charge in [0.2, 0.25) is 0 Å². The molecule has 0 aromatic rings. The van der Waals surface area contributed by atoms with Gasteiger partial charge in [0.05, 0.1) is 0 Å². The van der Waals surface area contributed by atoms with Gasteiger partial charge in [0.25, 0.3) is 0 Å². The van der Waals surface area contributed by atoms with E-state index in [2.05, 4.69) is 25.3 Å². The lowest BCUT2D eigenvalue weighted by Gasteiger charge is -2.25. The van der Waals surface area contributed by atoms with Crippen LogP contribution in [0.25, 0.3) is 0 Å². The Labute approximate surface area is 69.0 Å². The fraction of sp³-hybridized carbons (Fsp3) is 0.636. The molecule has 0 spiro atoms. The third kappa shape index (κ3) is 0.702. The Morgan fingerprint density at radius 3 is 1.73 bits per heavy atom. The molecular formula is C11H16. The SMILES string of the molecule is C=CC12CCCCC1(C=C)C2. The normalized spacial score (nSPS) is 47.6. The summed E-state index contributed by atoms with van der Waals surface area (Å²) in [6.45, 7) is 7.89. The third-order valence-electron chi connectivity index (χ3n) is 3.77. The lowest BCUT2D eigenvalue weighted by atomic mass is 9.79. The van der Waals surface area contributed by atoms with Crippen molar-refractivity contribution in [1.29, 1.82) is 0 Å². The fourth-order valence-electron chi connectivity index (χ4n) is 2.83. The summed E-state index contributed by atoms with van der Waals surface area (Å²) >= 11 is 0. The quantitative estimate of drug-likeness (QED) is 0.527. The van der Waals surface area contributed by atoms with E-state index in [-0.39, 0.29) is 0 Å². The maximum atomic E-state index is 3.94. The molecular weight excluding hydrogens is 132 g/mol. The Kier molecular flexibility index (Phi) is 1.30. The number of hydrogen-bond donors (Lipinski definition) is 0. The monoisotopic (exact) mass is 148 g/mol. The molecule has 2 fully saturated rings. The molecule has 0 saturated heterocycles. The van der Waals surface area contributed by atoms with E-state index >= 15 is 0 Å². The van der Waals surface area contributed by atoms with Crippen LogP contribution in [0, 0.1) is 10.8 Å². The molecule has 11 heavy (non-hydrogen) atoms. The minimum atomic E-state index is 0.479. The first-order valence-corrected chi connectivity index (χ1v) is 4.56. The predicted molar refractivity (Wildman–Crippen MR) is 48.3 cm³/mol. The highest BCUT2D eigenvalue weighted by Gasteiger charge is 2.63. The fourth-order valence-corrected chi connectivity index (χ4v) is 2.83. The van der Waals surface area contributed by atoms with Crippen LogP contribution in [-0.2, 0) is 0 Å². The Balaban J connectivity index is 2.25. The van der Waals surface area contributed by atoms with Gasteiger partial charge in [-0.25, -0.2) is 0 Å². The molecule has 60 valence electrons. The van der Waals surface area contributed by atoms with E-state index in [1.165, 1.54) is 32.1 Å². The van der Waals surface area contributed by atoms with Gasteiger partial charge in [0.15, 0.2) is 0 Å². The standard InChI is InChI=1S/C11H16/c1-3-10-7-5-6-8-11(10,4-2)9-10/h3-4H,1-2,5-9H2. The van der Waals surface area contributed by atoms with Crippen molar-refractivity contribution in [2.24, 2.45) is 10.8 Å². The van der Waals surface area contributed by atoms with Crippen LogP contribution in [0.5, 0.6) is 0 Å². The predicted octanol–water partition coefficient (Wildman–Crippen LogP) is 3.31. The minimum Gasteiger partial charge on any atom is -0.102 e. The highest BCUT2D eigenvalue weighted by Crippen LogP contribution is 2.72. The van der Waals surface area contributed by atoms with Gasteiger partial charge in [0, 0.05) is 0 Å². The van der Waals surface area contributed by atoms with Crippen LogP contribution in [0.3, 0.4) is 0 Å². The van der Waals surface area contributed by atoms with Gasteiger partial charge in [-0.05, 0) is 30.1 Å². The first kappa shape index (κ1) is 7.15. The molecule has 2 rings (SSSR count). The summed E-state index contributed by atoms with van der Waals surface area (Å²) in [6.07, 6.45) is 11.2. The first-order chi connectivity index (χ1) is 5.29. The van der Waals surface area contributed by atoms with E-state index in [0.29, 0.717) is 10.8 Å². The van der Waals surface area contributed by atoms with Crippen LogP contribution >= 0.6 is 0 Å². The summed E-state index contributed by atoms with van der Waals surface area (Å²) < 4.78 is 0. The van der Waals surface area contributed by atoms with Crippen molar-refractivity contribution in [3.05, 3.63) is 25.3 Å². The molecule has 2 atom stereocenters. The maximum absolute atomic E-state index is 3.94. The van der Waals surface area contributed by atoms with E-state index in [4.69, 9.17) is 0 Å². The van der Waals surface area contributed by atoms with Crippen molar-refractivity contribution in [1.82, 2.24) is 0 Å². The van der Waals surface area contributed by atoms with Crippen molar-refractivity contribution in [3.63, 3.8) is 0 Å². The summed E-state index contributed by atoms with van der Waals surface area (Å²) in [5.41, 5.74) is 0.958. The van der Waals surface area contributed by atoms with Gasteiger partial charge < -0.3 is 0 Å². The molecule has 2 unspecified atom stereocenters. The van der Waals surface area contributed by atoms with Crippen molar-refractivity contribution in [2.45, 2.75) is 32.1 Å². The van der Waals surface area contributed by atoms with Gasteiger partial charge in [-0.3, -0.25) is 0 Å². The molecule has 0 aromatic heterocycles. The second kappa shape index (κ2) is 2.00. The van der Waals surface area contributed by atoms with E-state index in [1.54, 1.807) is 0 Å². The largest absolute Gasteiger partial charge is 0.102 e. The first-order valence-electron chi connectivity index (χ1n) is 4.56. The number of allylic oxidation sites excluding steroid dienone is 2. The zero-order valence-corrected chi connectivity index (χ0v) is 7.10. The average Bonchev–Trinajstić information content (AvgIpc) is 2.75. The van der Waals surface area contributed by atoms with E-state index in [0.717, 1.165) is 0 Å². The lowest BCUT2D eigenvalue weighted by Crippen LogP contribution is -2.14. The van der Waals surface area contributed by atoms with Crippen LogP contribution in [0.1, 0.15) is 32.1 Å². The van der Waals surface area contributed by atoms with Gasteiger partial charge in [-0.2, -0.15) is 0 Å². The van der Waals surface area contributed by atoms with E-state index in [9.17, 15) is 0 Å². The number of hydrogen-bond acceptors (Lipinski definition) is 0. The zero-order chi connectivity index (χ0) is 7.95. The molecule has 0 heterocycles. The van der Waals surface area contributed by atoms with Gasteiger partial charge in [-0.15, -0.1) is 13.2 Å². The summed E-state index contributed by atoms with van der Waals surface area (Å²) in [5, 5.41) is 0. The van der Waals surface area contributed by atoms with Crippen LogP contribution < -0.4 is 0 Å². The number of rotatable bonds is 2. The van der Waals surface area contributed by atoms with Crippen molar-refractivity contribution >= 4 is 0 Å². The van der Waals surface area contributed by atoms with Crippen LogP contribution in [0.15, 0.2) is 25.3 Å². The van der Waals surface area contributed by atoms with Crippen molar-refractivity contribution in [3.8, 4) is 0 Å². The zero-order valence-electron chi connectivity index (χ0n) is 7.10. The molecule has 0 aromatic carbocycles. The summed E-state index contributed by atoms with van der Waals surface area (Å²) in [4.78, 5) is 0. The Bertz CT molecular complexity index is 182. The van der Waals surface area contributed by atoms with Gasteiger partial charge in [0.1, 0.15) is 0 Å². The molecule has 0 heteroatoms. The van der Waals surface area contributed by atoms with Crippen LogP contribution in [-0.4, -0.2) is 0 Å². The topological polar surface area (TPSA) is 0 Å². The van der Waals surface area contributed by atoms with E-state index in [1.807, 2.05) is 0 Å². The molecule has 0 N–H and O–H groups in total. The summed E-state index contributed by atoms with van der Waals surface area (Å²) in [6, 6.07) is 0. The Morgan fingerprint density at radius 1 is 0.909 bits per heavy atom. The molecule has 0 nitrogen and oxygen atoms in total. The lowest BCUT2D eigenvalue weighted by molar-refractivity contribution is 0.338. The Hall–Kier alpha value is -0.520. The smallest absolute Gasteiger partial charge is 0.00212 e. The van der Waals surface area contributed by atoms with Gasteiger partial charge in [-0.1, -0.05) is 25.0 Å². The molecule has 0 aliphatic heterocycles. The molecule has 0 amide bonds. The molecule has 2 saturated carbocycles. The molecule has 2 aliphatic carbocycles. The highest BCUT2D eigenvalue weighted by atomic mass is 14.7. The van der Waals surface area contributed by atoms with Gasteiger partial charge >= 0.3 is 0 Å². The van der Waals surface area contributed by atoms with Crippen molar-refractivity contribution < 1.29 is 0 Å². The second-order valence-electron chi connectivity index (χ2n) is 4.10. The maximum Gasteiger partial charge on any atom is -0.00212 e. The van der Waals surface area contributed by atoms with E-state index < -0.39 is 0 Å². The Morgan fingerprint density at radius 2 is 1.36 bits per heavy atom. The second-order valence-corrected chi connectivity index (χ2v) is 4.10. The van der Waals surface area contributed by atoms with Crippen molar-refractivity contribution in [2.75, 3.05) is 0 Å². The van der Waals surface area contributed by atoms with Crippen LogP contribution in [0.4, 0.5) is 0 Å². The summed E-state index contributed by atoms with van der Waals surface area (Å²) in [5.74, 6) is 0. The molecule has 0 bridgehead atoms. The average molecular weight is 148 g/mol. The molecule has 2 aliphatic rings. The molecule has 0 radical (unpaired) electrons. The number of fused-ring (bicyclic) bond motifs is 1. The summed E-state index contributed by atoms with van der Waals surface area (Å²) in [7, 11) is 0. The van der Waals surface area contributed by atoms with Crippen LogP contribution in [0.2, 0.25) is 0 Å². The minimum absolute atomic E-state index is 0.479.